The van der Waals surface area contributed by atoms with E-state index in [-0.39, 0.29) is 57.2 Å². The van der Waals surface area contributed by atoms with E-state index in [0.717, 1.165) is 34.0 Å². The van der Waals surface area contributed by atoms with Crippen LogP contribution in [0.4, 0.5) is 24.5 Å². The number of nitrogens with one attached hydrogen (secondary N) is 2. The van der Waals surface area contributed by atoms with Crippen LogP contribution in [0.1, 0.15) is 28.3 Å². The molecule has 2 saturated carbocycles. The van der Waals surface area contributed by atoms with Gasteiger partial charge in [0.15, 0.2) is 6.61 Å². The van der Waals surface area contributed by atoms with Crippen molar-refractivity contribution in [1.29, 1.82) is 0 Å². The molecule has 4 aliphatic rings. The summed E-state index contributed by atoms with van der Waals surface area (Å²) in [6.45, 7) is -0.412. The first-order valence-electron chi connectivity index (χ1n) is 15.1. The molecule has 1 aromatic heterocycles. The number of halogens is 3. The van der Waals surface area contributed by atoms with Crippen molar-refractivity contribution < 1.29 is 32.3 Å². The number of fused-ring (bicyclic) bond motifs is 9. The number of nitrogens with zero attached hydrogens (tertiary/aromatic N) is 1. The quantitative estimate of drug-likeness (QED) is 0.237. The van der Waals surface area contributed by atoms with E-state index in [1.807, 2.05) is 30.3 Å². The molecule has 0 spiro atoms. The number of thioether (sulfide) groups is 1. The standard InChI is InChI=1S/C34H26F3N3O5S2/c35-34(36,37)17-5-4-6-18(13-17)38-23(41)15-45-20-11-9-16(10-12-20)24-25-21-14-22(28(25)46-30-29(24)47-33(44)39-30)27-26(21)31(42)40(32(27)43)19-7-2-1-3-8-19/h1-13,21-22,24-28H,14-15H2,(H,38,41)(H,39,44)/t21-,22-,24+,25-,26+,27+,28-/m1/s1. The van der Waals surface area contributed by atoms with Gasteiger partial charge in [-0.2, -0.15) is 13.2 Å². The molecule has 0 radical (unpaired) electrons. The van der Waals surface area contributed by atoms with Gasteiger partial charge >= 0.3 is 11.0 Å². The number of rotatable bonds is 6. The summed E-state index contributed by atoms with van der Waals surface area (Å²) in [5.41, 5.74) is 0.663. The van der Waals surface area contributed by atoms with Gasteiger partial charge in [0.05, 0.1) is 28.1 Å². The second-order valence-electron chi connectivity index (χ2n) is 12.3. The van der Waals surface area contributed by atoms with Crippen LogP contribution in [0.2, 0.25) is 0 Å². The Labute approximate surface area is 274 Å². The van der Waals surface area contributed by atoms with Gasteiger partial charge in [-0.3, -0.25) is 24.1 Å². The number of amides is 3. The summed E-state index contributed by atoms with van der Waals surface area (Å²) in [4.78, 5) is 57.7. The van der Waals surface area contributed by atoms with Crippen LogP contribution in [-0.2, 0) is 20.6 Å². The fourth-order valence-electron chi connectivity index (χ4n) is 8.11. The topological polar surface area (TPSA) is 109 Å². The molecule has 7 atom stereocenters. The van der Waals surface area contributed by atoms with Gasteiger partial charge in [-0.25, -0.2) is 0 Å². The lowest BCUT2D eigenvalue weighted by atomic mass is 9.68. The molecule has 47 heavy (non-hydrogen) atoms. The van der Waals surface area contributed by atoms with Gasteiger partial charge in [0.1, 0.15) is 5.75 Å². The number of imide groups is 1. The first-order valence-corrected chi connectivity index (χ1v) is 16.8. The SMILES string of the molecule is O=C(COc1ccc([C@@H]2c3sc(=O)[nH]c3S[C@@H]3[C@@H]4C[C@@H]([C@@H]5C(=O)N(c6ccccc6)C(=O)[C@@H]45)[C@H]23)cc1)Nc1cccc(C(F)(F)F)c1. The number of ether oxygens (including phenoxy) is 1. The Bertz CT molecular complexity index is 1960. The van der Waals surface area contributed by atoms with Crippen LogP contribution < -0.4 is 19.8 Å². The van der Waals surface area contributed by atoms with Crippen LogP contribution in [0.15, 0.2) is 88.7 Å². The maximum atomic E-state index is 13.8. The second-order valence-corrected chi connectivity index (χ2v) is 14.5. The van der Waals surface area contributed by atoms with Crippen molar-refractivity contribution >= 4 is 52.2 Å². The molecule has 240 valence electrons. The summed E-state index contributed by atoms with van der Waals surface area (Å²) in [6, 6.07) is 20.6. The van der Waals surface area contributed by atoms with Crippen molar-refractivity contribution in [2.75, 3.05) is 16.8 Å². The zero-order chi connectivity index (χ0) is 32.6. The first-order chi connectivity index (χ1) is 22.6. The molecule has 13 heteroatoms. The number of para-hydroxylation sites is 1. The monoisotopic (exact) mass is 677 g/mol. The molecule has 1 saturated heterocycles. The highest BCUT2D eigenvalue weighted by molar-refractivity contribution is 8.00. The van der Waals surface area contributed by atoms with E-state index in [0.29, 0.717) is 11.4 Å². The van der Waals surface area contributed by atoms with Crippen molar-refractivity contribution in [3.63, 3.8) is 0 Å². The Balaban J connectivity index is 1.02. The van der Waals surface area contributed by atoms with Crippen LogP contribution in [-0.4, -0.2) is 34.6 Å². The highest BCUT2D eigenvalue weighted by Crippen LogP contribution is 2.68. The number of hydrogen-bond donors (Lipinski definition) is 2. The van der Waals surface area contributed by atoms with E-state index < -0.39 is 30.2 Å². The van der Waals surface area contributed by atoms with Crippen LogP contribution in [0, 0.1) is 29.6 Å². The predicted molar refractivity (Wildman–Crippen MR) is 169 cm³/mol. The molecule has 2 N–H and O–H groups in total. The molecule has 2 bridgehead atoms. The summed E-state index contributed by atoms with van der Waals surface area (Å²) in [7, 11) is 0. The number of thiazole rings is 1. The molecule has 8 rings (SSSR count). The molecule has 0 unspecified atom stereocenters. The lowest BCUT2D eigenvalue weighted by molar-refractivity contribution is -0.137. The third-order valence-corrected chi connectivity index (χ3v) is 12.4. The number of carbonyl (C=O) groups is 3. The fourth-order valence-corrected chi connectivity index (χ4v) is 11.0. The Hall–Kier alpha value is -4.36. The maximum absolute atomic E-state index is 13.8. The highest BCUT2D eigenvalue weighted by atomic mass is 32.2. The fraction of sp³-hybridized carbons (Fsp3) is 0.294. The summed E-state index contributed by atoms with van der Waals surface area (Å²) >= 11 is 2.78. The minimum atomic E-state index is -4.53. The van der Waals surface area contributed by atoms with Crippen molar-refractivity contribution in [1.82, 2.24) is 4.98 Å². The highest BCUT2D eigenvalue weighted by Gasteiger charge is 2.69. The van der Waals surface area contributed by atoms with Crippen molar-refractivity contribution in [2.45, 2.75) is 28.8 Å². The normalized spacial score (nSPS) is 27.4. The predicted octanol–water partition coefficient (Wildman–Crippen LogP) is 6.15. The van der Waals surface area contributed by atoms with Crippen LogP contribution >= 0.6 is 23.1 Å². The van der Waals surface area contributed by atoms with Gasteiger partial charge < -0.3 is 15.0 Å². The summed E-state index contributed by atoms with van der Waals surface area (Å²) < 4.78 is 44.7. The van der Waals surface area contributed by atoms with Gasteiger partial charge in [0, 0.05) is 21.7 Å². The second kappa shape index (κ2) is 11.1. The molecule has 3 aromatic carbocycles. The van der Waals surface area contributed by atoms with E-state index >= 15 is 0 Å². The molecular weight excluding hydrogens is 652 g/mol. The summed E-state index contributed by atoms with van der Waals surface area (Å²) in [5.74, 6) is -1.48. The summed E-state index contributed by atoms with van der Waals surface area (Å²) in [6.07, 6.45) is -3.75. The molecule has 8 nitrogen and oxygen atoms in total. The van der Waals surface area contributed by atoms with Crippen LogP contribution in [0.25, 0.3) is 0 Å². The molecule has 3 amide bonds. The zero-order valence-electron chi connectivity index (χ0n) is 24.4. The Morgan fingerprint density at radius 1 is 0.936 bits per heavy atom. The van der Waals surface area contributed by atoms with E-state index in [4.69, 9.17) is 4.74 Å². The molecule has 2 aliphatic carbocycles. The van der Waals surface area contributed by atoms with Gasteiger partial charge in [-0.1, -0.05) is 47.7 Å². The third-order valence-electron chi connectivity index (χ3n) is 9.82. The van der Waals surface area contributed by atoms with Crippen LogP contribution in [0.5, 0.6) is 5.75 Å². The smallest absolute Gasteiger partial charge is 0.416 e. The van der Waals surface area contributed by atoms with Gasteiger partial charge in [-0.05, 0) is 72.2 Å². The first kappa shape index (κ1) is 30.0. The van der Waals surface area contributed by atoms with E-state index in [1.165, 1.54) is 28.4 Å². The van der Waals surface area contributed by atoms with Crippen molar-refractivity contribution in [3.8, 4) is 5.75 Å². The van der Waals surface area contributed by atoms with E-state index in [1.54, 1.807) is 36.0 Å². The minimum absolute atomic E-state index is 0.00200. The third kappa shape index (κ3) is 4.98. The number of anilines is 2. The summed E-state index contributed by atoms with van der Waals surface area (Å²) in [5, 5.41) is 3.28. The van der Waals surface area contributed by atoms with Gasteiger partial charge in [0.2, 0.25) is 11.8 Å². The minimum Gasteiger partial charge on any atom is -0.484 e. The van der Waals surface area contributed by atoms with Crippen molar-refractivity contribution in [2.24, 2.45) is 29.6 Å². The number of benzene rings is 3. The van der Waals surface area contributed by atoms with E-state index in [2.05, 4.69) is 10.3 Å². The largest absolute Gasteiger partial charge is 0.484 e. The Morgan fingerprint density at radius 2 is 1.66 bits per heavy atom. The number of hydrogen-bond acceptors (Lipinski definition) is 7. The van der Waals surface area contributed by atoms with Gasteiger partial charge in [0.25, 0.3) is 5.91 Å². The number of aromatic nitrogens is 1. The Morgan fingerprint density at radius 3 is 2.38 bits per heavy atom. The molecule has 3 fully saturated rings. The average Bonchev–Trinajstić information content (AvgIpc) is 3.79. The number of H-pyrrole nitrogens is 1. The maximum Gasteiger partial charge on any atom is 0.416 e. The number of carbonyl (C=O) groups excluding carboxylic acids is 3. The zero-order valence-corrected chi connectivity index (χ0v) is 26.0. The molecular formula is C34H26F3N3O5S2. The molecule has 2 aliphatic heterocycles. The van der Waals surface area contributed by atoms with E-state index in [9.17, 15) is 32.3 Å². The molecule has 4 aromatic rings. The Kier molecular flexibility index (Phi) is 7.10. The lowest BCUT2D eigenvalue weighted by Crippen LogP contribution is -2.42. The molecule has 3 heterocycles. The number of aromatic amines is 1. The van der Waals surface area contributed by atoms with Crippen LogP contribution in [0.3, 0.4) is 0 Å². The average molecular weight is 678 g/mol. The van der Waals surface area contributed by atoms with Gasteiger partial charge in [-0.15, -0.1) is 11.8 Å². The number of alkyl halides is 3. The lowest BCUT2D eigenvalue weighted by Gasteiger charge is -2.43. The van der Waals surface area contributed by atoms with Crippen molar-refractivity contribution in [3.05, 3.63) is 105 Å².